The lowest BCUT2D eigenvalue weighted by Crippen LogP contribution is -1.95. The highest BCUT2D eigenvalue weighted by Gasteiger charge is 2.08. The molecule has 0 aliphatic rings. The largest absolute Gasteiger partial charge is 0.494 e. The van der Waals surface area contributed by atoms with Gasteiger partial charge in [-0.3, -0.25) is 4.79 Å². The molecule has 0 bridgehead atoms. The molecule has 0 N–H and O–H groups in total. The molecule has 5 heteroatoms. The fraction of sp³-hybridized carbons (Fsp3) is 0.231. The van der Waals surface area contributed by atoms with Crippen molar-refractivity contribution in [3.63, 3.8) is 0 Å². The van der Waals surface area contributed by atoms with Crippen LogP contribution in [-0.4, -0.2) is 17.9 Å². The maximum absolute atomic E-state index is 13.5. The highest BCUT2D eigenvalue weighted by atomic mass is 32.1. The molecule has 1 aromatic carbocycles. The minimum Gasteiger partial charge on any atom is -0.494 e. The Kier molecular flexibility index (Phi) is 3.72. The van der Waals surface area contributed by atoms with E-state index in [9.17, 15) is 9.18 Å². The predicted octanol–water partition coefficient (Wildman–Crippen LogP) is 3.08. The van der Waals surface area contributed by atoms with Gasteiger partial charge >= 0.3 is 0 Å². The van der Waals surface area contributed by atoms with E-state index in [-0.39, 0.29) is 11.5 Å². The number of halogens is 1. The van der Waals surface area contributed by atoms with E-state index in [0.29, 0.717) is 12.1 Å². The number of methoxy groups -OCH3 is 1. The zero-order valence-corrected chi connectivity index (χ0v) is 10.9. The molecule has 0 saturated carbocycles. The van der Waals surface area contributed by atoms with E-state index in [4.69, 9.17) is 4.74 Å². The summed E-state index contributed by atoms with van der Waals surface area (Å²) in [6.45, 7) is 1.48. The second-order valence-electron chi connectivity index (χ2n) is 3.83. The number of aromatic nitrogens is 1. The zero-order chi connectivity index (χ0) is 13.1. The SMILES string of the molecule is COc1ccc(Cc2nc(C(C)=O)cs2)cc1F. The smallest absolute Gasteiger partial charge is 0.178 e. The molecule has 0 amide bonds. The number of Topliss-reactive ketones (excluding diaryl/α,β-unsaturated/α-hetero) is 1. The summed E-state index contributed by atoms with van der Waals surface area (Å²) in [5.41, 5.74) is 1.27. The first-order valence-electron chi connectivity index (χ1n) is 5.38. The van der Waals surface area contributed by atoms with Crippen molar-refractivity contribution in [2.45, 2.75) is 13.3 Å². The van der Waals surface area contributed by atoms with Crippen molar-refractivity contribution in [2.24, 2.45) is 0 Å². The van der Waals surface area contributed by atoms with Crippen molar-refractivity contribution in [1.82, 2.24) is 4.98 Å². The predicted molar refractivity (Wildman–Crippen MR) is 67.9 cm³/mol. The molecule has 0 radical (unpaired) electrons. The highest BCUT2D eigenvalue weighted by molar-refractivity contribution is 7.09. The maximum Gasteiger partial charge on any atom is 0.178 e. The second kappa shape index (κ2) is 5.27. The first-order chi connectivity index (χ1) is 8.60. The summed E-state index contributed by atoms with van der Waals surface area (Å²) >= 11 is 1.40. The van der Waals surface area contributed by atoms with Gasteiger partial charge in [0.15, 0.2) is 17.3 Å². The van der Waals surface area contributed by atoms with E-state index in [2.05, 4.69) is 4.98 Å². The Morgan fingerprint density at radius 1 is 1.50 bits per heavy atom. The zero-order valence-electron chi connectivity index (χ0n) is 10.1. The monoisotopic (exact) mass is 265 g/mol. The molecule has 3 nitrogen and oxygen atoms in total. The van der Waals surface area contributed by atoms with Crippen LogP contribution in [0.15, 0.2) is 23.6 Å². The van der Waals surface area contributed by atoms with E-state index in [1.807, 2.05) is 0 Å². The molecule has 0 atom stereocenters. The molecule has 0 spiro atoms. The average Bonchev–Trinajstić information content (AvgIpc) is 2.78. The fourth-order valence-corrected chi connectivity index (χ4v) is 2.42. The Morgan fingerprint density at radius 2 is 2.28 bits per heavy atom. The van der Waals surface area contributed by atoms with Gasteiger partial charge in [-0.2, -0.15) is 0 Å². The molecule has 1 aromatic heterocycles. The molecule has 0 aliphatic carbocycles. The Hall–Kier alpha value is -1.75. The Labute approximate surface area is 108 Å². The maximum atomic E-state index is 13.5. The van der Waals surface area contributed by atoms with Crippen LogP contribution in [-0.2, 0) is 6.42 Å². The Bertz CT molecular complexity index is 580. The van der Waals surface area contributed by atoms with Crippen LogP contribution in [0.25, 0.3) is 0 Å². The molecule has 0 fully saturated rings. The lowest BCUT2D eigenvalue weighted by molar-refractivity contribution is 0.101. The summed E-state index contributed by atoms with van der Waals surface area (Å²) in [4.78, 5) is 15.3. The van der Waals surface area contributed by atoms with Crippen molar-refractivity contribution in [3.8, 4) is 5.75 Å². The van der Waals surface area contributed by atoms with Crippen LogP contribution < -0.4 is 4.74 Å². The van der Waals surface area contributed by atoms with Crippen LogP contribution in [0.2, 0.25) is 0 Å². The molecule has 94 valence electrons. The van der Waals surface area contributed by atoms with Gasteiger partial charge in [-0.15, -0.1) is 11.3 Å². The second-order valence-corrected chi connectivity index (χ2v) is 4.77. The number of carbonyl (C=O) groups excluding carboxylic acids is 1. The number of ketones is 1. The van der Waals surface area contributed by atoms with Gasteiger partial charge < -0.3 is 4.74 Å². The van der Waals surface area contributed by atoms with Crippen LogP contribution in [0.4, 0.5) is 4.39 Å². The first kappa shape index (κ1) is 12.7. The number of ether oxygens (including phenoxy) is 1. The van der Waals surface area contributed by atoms with E-state index in [0.717, 1.165) is 10.6 Å². The van der Waals surface area contributed by atoms with Gasteiger partial charge in [-0.05, 0) is 17.7 Å². The number of hydrogen-bond acceptors (Lipinski definition) is 4. The molecule has 18 heavy (non-hydrogen) atoms. The molecule has 2 rings (SSSR count). The summed E-state index contributed by atoms with van der Waals surface area (Å²) < 4.78 is 18.3. The van der Waals surface area contributed by atoms with E-state index in [1.165, 1.54) is 31.4 Å². The lowest BCUT2D eigenvalue weighted by atomic mass is 10.1. The number of rotatable bonds is 4. The van der Waals surface area contributed by atoms with Gasteiger partial charge in [0.1, 0.15) is 5.69 Å². The average molecular weight is 265 g/mol. The third-order valence-electron chi connectivity index (χ3n) is 2.48. The summed E-state index contributed by atoms with van der Waals surface area (Å²) in [5.74, 6) is -0.223. The van der Waals surface area contributed by atoms with Crippen molar-refractivity contribution >= 4 is 17.1 Å². The van der Waals surface area contributed by atoms with Crippen molar-refractivity contribution in [3.05, 3.63) is 45.7 Å². The van der Waals surface area contributed by atoms with Crippen LogP contribution in [0, 0.1) is 5.82 Å². The van der Waals surface area contributed by atoms with Gasteiger partial charge in [0.2, 0.25) is 0 Å². The summed E-state index contributed by atoms with van der Waals surface area (Å²) in [5, 5.41) is 2.52. The lowest BCUT2D eigenvalue weighted by Gasteiger charge is -2.03. The highest BCUT2D eigenvalue weighted by Crippen LogP contribution is 2.21. The Morgan fingerprint density at radius 3 is 2.83 bits per heavy atom. The van der Waals surface area contributed by atoms with Crippen LogP contribution in [0.5, 0.6) is 5.75 Å². The summed E-state index contributed by atoms with van der Waals surface area (Å²) in [7, 11) is 1.43. The fourth-order valence-electron chi connectivity index (χ4n) is 1.55. The van der Waals surface area contributed by atoms with Gasteiger partial charge in [-0.1, -0.05) is 6.07 Å². The van der Waals surface area contributed by atoms with Crippen molar-refractivity contribution in [2.75, 3.05) is 7.11 Å². The molecular weight excluding hydrogens is 253 g/mol. The number of carbonyl (C=O) groups is 1. The van der Waals surface area contributed by atoms with E-state index >= 15 is 0 Å². The van der Waals surface area contributed by atoms with Crippen molar-refractivity contribution < 1.29 is 13.9 Å². The molecular formula is C13H12FNO2S. The third kappa shape index (κ3) is 2.73. The van der Waals surface area contributed by atoms with Gasteiger partial charge in [0.05, 0.1) is 12.1 Å². The first-order valence-corrected chi connectivity index (χ1v) is 6.26. The third-order valence-corrected chi connectivity index (χ3v) is 3.33. The number of benzene rings is 1. The van der Waals surface area contributed by atoms with Crippen molar-refractivity contribution in [1.29, 1.82) is 0 Å². The topological polar surface area (TPSA) is 39.2 Å². The number of nitrogens with zero attached hydrogens (tertiary/aromatic N) is 1. The van der Waals surface area contributed by atoms with Gasteiger partial charge in [0.25, 0.3) is 0 Å². The summed E-state index contributed by atoms with van der Waals surface area (Å²) in [6.07, 6.45) is 0.513. The van der Waals surface area contributed by atoms with Gasteiger partial charge in [0, 0.05) is 18.7 Å². The number of hydrogen-bond donors (Lipinski definition) is 0. The normalized spacial score (nSPS) is 10.4. The standard InChI is InChI=1S/C13H12FNO2S/c1-8(16)11-7-18-13(15-11)6-9-3-4-12(17-2)10(14)5-9/h3-5,7H,6H2,1-2H3. The molecule has 0 aliphatic heterocycles. The van der Waals surface area contributed by atoms with E-state index in [1.54, 1.807) is 17.5 Å². The van der Waals surface area contributed by atoms with Crippen LogP contribution in [0.3, 0.4) is 0 Å². The van der Waals surface area contributed by atoms with Gasteiger partial charge in [-0.25, -0.2) is 9.37 Å². The summed E-state index contributed by atoms with van der Waals surface area (Å²) in [6, 6.07) is 4.80. The molecule has 0 unspecified atom stereocenters. The van der Waals surface area contributed by atoms with E-state index < -0.39 is 5.82 Å². The van der Waals surface area contributed by atoms with Crippen LogP contribution in [0.1, 0.15) is 28.0 Å². The van der Waals surface area contributed by atoms with Crippen LogP contribution >= 0.6 is 11.3 Å². The molecule has 1 heterocycles. The minimum absolute atomic E-state index is 0.0570. The molecule has 2 aromatic rings. The Balaban J connectivity index is 2.18. The number of thiazole rings is 1. The molecule has 0 saturated heterocycles. The minimum atomic E-state index is -0.390. The quantitative estimate of drug-likeness (QED) is 0.797.